The molecule has 7 nitrogen and oxygen atoms in total. The van der Waals surface area contributed by atoms with Gasteiger partial charge in [0.25, 0.3) is 5.56 Å². The quantitative estimate of drug-likeness (QED) is 0.537. The van der Waals surface area contributed by atoms with Crippen LogP contribution in [-0.4, -0.2) is 38.8 Å². The Morgan fingerprint density at radius 1 is 1.09 bits per heavy atom. The van der Waals surface area contributed by atoms with E-state index in [1.807, 2.05) is 0 Å². The van der Waals surface area contributed by atoms with Crippen LogP contribution in [0.25, 0.3) is 11.4 Å². The number of piperidine rings is 1. The van der Waals surface area contributed by atoms with Gasteiger partial charge in [0.2, 0.25) is 5.91 Å². The number of nitrogens with zero attached hydrogens (tertiary/aromatic N) is 3. The third-order valence-corrected chi connectivity index (χ3v) is 6.57. The molecule has 0 unspecified atom stereocenters. The number of pyridine rings is 1. The molecule has 0 bridgehead atoms. The summed E-state index contributed by atoms with van der Waals surface area (Å²) < 4.78 is 0. The second-order valence-corrected chi connectivity index (χ2v) is 9.27. The molecule has 1 aliphatic heterocycles. The van der Waals surface area contributed by atoms with Crippen LogP contribution >= 0.6 is 0 Å². The Balaban J connectivity index is 1.25. The predicted octanol–water partition coefficient (Wildman–Crippen LogP) is 3.62. The number of hydrogen-bond acceptors (Lipinski definition) is 5. The maximum absolute atomic E-state index is 12.6. The fourth-order valence-electron chi connectivity index (χ4n) is 4.32. The highest BCUT2D eigenvalue weighted by Gasteiger charge is 2.16. The van der Waals surface area contributed by atoms with Crippen molar-refractivity contribution in [3.63, 3.8) is 0 Å². The van der Waals surface area contributed by atoms with Gasteiger partial charge in [0.1, 0.15) is 5.82 Å². The highest BCUT2D eigenvalue weighted by atomic mass is 16.1. The van der Waals surface area contributed by atoms with E-state index in [0.29, 0.717) is 30.0 Å². The number of rotatable bonds is 8. The lowest BCUT2D eigenvalue weighted by molar-refractivity contribution is -0.121. The topological polar surface area (TPSA) is 91.0 Å². The number of aromatic nitrogens is 3. The van der Waals surface area contributed by atoms with E-state index in [-0.39, 0.29) is 17.9 Å². The molecule has 0 spiro atoms. The summed E-state index contributed by atoms with van der Waals surface area (Å²) >= 11 is 0. The lowest BCUT2D eigenvalue weighted by Gasteiger charge is -2.30. The molecule has 2 N–H and O–H groups in total. The van der Waals surface area contributed by atoms with E-state index in [4.69, 9.17) is 0 Å². The van der Waals surface area contributed by atoms with Crippen molar-refractivity contribution in [3.8, 4) is 11.4 Å². The summed E-state index contributed by atoms with van der Waals surface area (Å²) in [4.78, 5) is 38.8. The Morgan fingerprint density at radius 2 is 1.76 bits per heavy atom. The number of carbonyl (C=O) groups excluding carboxylic acids is 1. The number of H-pyrrole nitrogens is 1. The molecule has 0 aliphatic carbocycles. The van der Waals surface area contributed by atoms with Crippen LogP contribution in [0.3, 0.4) is 0 Å². The van der Waals surface area contributed by atoms with Crippen LogP contribution in [-0.2, 0) is 24.3 Å². The molecular formula is C27H33N5O2. The third-order valence-electron chi connectivity index (χ3n) is 6.57. The normalized spacial score (nSPS) is 14.8. The van der Waals surface area contributed by atoms with E-state index in [1.54, 1.807) is 31.5 Å². The average molecular weight is 460 g/mol. The SMILES string of the molecule is Cc1nc(-c2ccncc2)[nH]c(=O)c1CCC(=O)NCc1ccc(CN2CCC(C)CC2)cc1. The molecule has 3 heterocycles. The number of nitrogens with one attached hydrogen (secondary N) is 2. The van der Waals surface area contributed by atoms with Crippen molar-refractivity contribution in [2.45, 2.75) is 52.6 Å². The fourth-order valence-corrected chi connectivity index (χ4v) is 4.32. The zero-order chi connectivity index (χ0) is 23.9. The minimum absolute atomic E-state index is 0.0801. The van der Waals surface area contributed by atoms with Gasteiger partial charge < -0.3 is 10.3 Å². The number of likely N-dealkylation sites (tertiary alicyclic amines) is 1. The predicted molar refractivity (Wildman–Crippen MR) is 133 cm³/mol. The van der Waals surface area contributed by atoms with E-state index in [2.05, 4.69) is 56.4 Å². The van der Waals surface area contributed by atoms with Gasteiger partial charge in [0.15, 0.2) is 0 Å². The molecule has 4 rings (SSSR count). The summed E-state index contributed by atoms with van der Waals surface area (Å²) in [5.41, 5.74) is 4.16. The summed E-state index contributed by atoms with van der Waals surface area (Å²) in [5, 5.41) is 2.96. The fraction of sp³-hybridized carbons (Fsp3) is 0.407. The molecule has 0 radical (unpaired) electrons. The van der Waals surface area contributed by atoms with Crippen molar-refractivity contribution in [2.24, 2.45) is 5.92 Å². The van der Waals surface area contributed by atoms with Crippen LogP contribution in [0.4, 0.5) is 0 Å². The second kappa shape index (κ2) is 11.2. The van der Waals surface area contributed by atoms with Crippen LogP contribution in [0.5, 0.6) is 0 Å². The summed E-state index contributed by atoms with van der Waals surface area (Å²) in [7, 11) is 0. The molecule has 0 atom stereocenters. The first-order valence-corrected chi connectivity index (χ1v) is 12.0. The zero-order valence-corrected chi connectivity index (χ0v) is 20.0. The first kappa shape index (κ1) is 23.8. The average Bonchev–Trinajstić information content (AvgIpc) is 2.85. The number of benzene rings is 1. The Kier molecular flexibility index (Phi) is 7.85. The molecule has 1 amide bonds. The van der Waals surface area contributed by atoms with Crippen LogP contribution < -0.4 is 10.9 Å². The van der Waals surface area contributed by atoms with Crippen molar-refractivity contribution >= 4 is 5.91 Å². The third kappa shape index (κ3) is 6.38. The first-order chi connectivity index (χ1) is 16.5. The summed E-state index contributed by atoms with van der Waals surface area (Å²) in [5.74, 6) is 1.27. The minimum atomic E-state index is -0.203. The molecule has 1 fully saturated rings. The first-order valence-electron chi connectivity index (χ1n) is 12.0. The lowest BCUT2D eigenvalue weighted by Crippen LogP contribution is -2.32. The standard InChI is InChI=1S/C27H33N5O2/c1-19-11-15-32(16-12-19)18-22-5-3-21(4-6-22)17-29-25(33)8-7-24-20(2)30-26(31-27(24)34)23-9-13-28-14-10-23/h3-6,9-10,13-14,19H,7-8,11-12,15-18H2,1-2H3,(H,29,33)(H,30,31,34). The van der Waals surface area contributed by atoms with Gasteiger partial charge in [-0.3, -0.25) is 19.5 Å². The van der Waals surface area contributed by atoms with Gasteiger partial charge in [-0.15, -0.1) is 0 Å². The van der Waals surface area contributed by atoms with Crippen LogP contribution in [0, 0.1) is 12.8 Å². The van der Waals surface area contributed by atoms with Gasteiger partial charge >= 0.3 is 0 Å². The monoisotopic (exact) mass is 459 g/mol. The molecule has 3 aromatic rings. The lowest BCUT2D eigenvalue weighted by atomic mass is 9.99. The van der Waals surface area contributed by atoms with Gasteiger partial charge in [0.05, 0.1) is 0 Å². The maximum Gasteiger partial charge on any atom is 0.254 e. The highest BCUT2D eigenvalue weighted by molar-refractivity contribution is 5.76. The van der Waals surface area contributed by atoms with Crippen LogP contribution in [0.15, 0.2) is 53.6 Å². The van der Waals surface area contributed by atoms with Crippen molar-refractivity contribution in [1.82, 2.24) is 25.2 Å². The Morgan fingerprint density at radius 3 is 2.44 bits per heavy atom. The van der Waals surface area contributed by atoms with E-state index >= 15 is 0 Å². The smallest absolute Gasteiger partial charge is 0.254 e. The zero-order valence-electron chi connectivity index (χ0n) is 20.0. The number of carbonyl (C=O) groups is 1. The molecule has 1 saturated heterocycles. The highest BCUT2D eigenvalue weighted by Crippen LogP contribution is 2.18. The van der Waals surface area contributed by atoms with Crippen LogP contribution in [0.2, 0.25) is 0 Å². The minimum Gasteiger partial charge on any atom is -0.352 e. The van der Waals surface area contributed by atoms with E-state index in [0.717, 1.165) is 23.6 Å². The largest absolute Gasteiger partial charge is 0.352 e. The number of aromatic amines is 1. The molecule has 7 heteroatoms. The molecule has 1 aromatic carbocycles. The Bertz CT molecular complexity index is 1150. The number of hydrogen-bond donors (Lipinski definition) is 2. The Labute approximate surface area is 200 Å². The number of aryl methyl sites for hydroxylation is 1. The number of amides is 1. The molecule has 178 valence electrons. The van der Waals surface area contributed by atoms with Gasteiger partial charge in [-0.05, 0) is 68.5 Å². The van der Waals surface area contributed by atoms with E-state index in [9.17, 15) is 9.59 Å². The maximum atomic E-state index is 12.6. The molecule has 34 heavy (non-hydrogen) atoms. The van der Waals surface area contributed by atoms with E-state index in [1.165, 1.54) is 31.5 Å². The van der Waals surface area contributed by atoms with Gasteiger partial charge in [-0.2, -0.15) is 0 Å². The summed E-state index contributed by atoms with van der Waals surface area (Å²) in [6, 6.07) is 12.1. The van der Waals surface area contributed by atoms with Crippen LogP contribution in [0.1, 0.15) is 48.6 Å². The molecule has 1 aliphatic rings. The molecule has 2 aromatic heterocycles. The van der Waals surface area contributed by atoms with Crippen molar-refractivity contribution in [1.29, 1.82) is 0 Å². The Hall–Kier alpha value is -3.32. The van der Waals surface area contributed by atoms with Crippen molar-refractivity contribution in [2.75, 3.05) is 13.1 Å². The van der Waals surface area contributed by atoms with Crippen molar-refractivity contribution < 1.29 is 4.79 Å². The van der Waals surface area contributed by atoms with Gasteiger partial charge in [-0.25, -0.2) is 4.98 Å². The van der Waals surface area contributed by atoms with Crippen molar-refractivity contribution in [3.05, 3.63) is 81.5 Å². The second-order valence-electron chi connectivity index (χ2n) is 9.27. The summed E-state index contributed by atoms with van der Waals surface area (Å²) in [6.45, 7) is 7.94. The molecular weight excluding hydrogens is 426 g/mol. The summed E-state index contributed by atoms with van der Waals surface area (Å²) in [6.07, 6.45) is 6.47. The molecule has 0 saturated carbocycles. The van der Waals surface area contributed by atoms with E-state index < -0.39 is 0 Å². The van der Waals surface area contributed by atoms with Gasteiger partial charge in [0, 0.05) is 48.7 Å². The van der Waals surface area contributed by atoms with Gasteiger partial charge in [-0.1, -0.05) is 31.2 Å².